The van der Waals surface area contributed by atoms with Crippen LogP contribution >= 0.6 is 0 Å². The van der Waals surface area contributed by atoms with Crippen LogP contribution in [0.1, 0.15) is 18.8 Å². The summed E-state index contributed by atoms with van der Waals surface area (Å²) in [6.45, 7) is 2.03. The summed E-state index contributed by atoms with van der Waals surface area (Å²) < 4.78 is 5.33. The number of nitrogens with one attached hydrogen (secondary N) is 2. The van der Waals surface area contributed by atoms with Gasteiger partial charge in [0.2, 0.25) is 0 Å². The first-order valence-corrected chi connectivity index (χ1v) is 5.42. The molecule has 0 bridgehead atoms. The van der Waals surface area contributed by atoms with Crippen molar-refractivity contribution in [2.24, 2.45) is 0 Å². The highest BCUT2D eigenvalue weighted by atomic mass is 16.3. The minimum absolute atomic E-state index is 0.0676. The first-order valence-electron chi connectivity index (χ1n) is 5.42. The number of hydrogen-bond donors (Lipinski definition) is 2. The Balaban J connectivity index is 1.92. The van der Waals surface area contributed by atoms with E-state index in [0.29, 0.717) is 0 Å². The minimum atomic E-state index is 0.0676. The van der Waals surface area contributed by atoms with Gasteiger partial charge in [0.1, 0.15) is 17.2 Å². The van der Waals surface area contributed by atoms with E-state index in [9.17, 15) is 0 Å². The van der Waals surface area contributed by atoms with Gasteiger partial charge in [-0.3, -0.25) is 0 Å². The standard InChI is InChI=1S/C12H12N4O/c1-8(11-14-5-6-15-11)16-12-9-3-7-17-10(9)2-4-13-12/h2-8H,1H3,(H,13,16)(H,14,15). The van der Waals surface area contributed by atoms with Gasteiger partial charge in [-0.1, -0.05) is 0 Å². The predicted octanol–water partition coefficient (Wildman–Crippen LogP) is 2.72. The highest BCUT2D eigenvalue weighted by molar-refractivity contribution is 5.87. The van der Waals surface area contributed by atoms with E-state index in [-0.39, 0.29) is 6.04 Å². The van der Waals surface area contributed by atoms with Gasteiger partial charge in [-0.25, -0.2) is 9.97 Å². The third-order valence-electron chi connectivity index (χ3n) is 2.66. The van der Waals surface area contributed by atoms with E-state index in [2.05, 4.69) is 20.3 Å². The van der Waals surface area contributed by atoms with E-state index in [1.807, 2.05) is 19.1 Å². The lowest BCUT2D eigenvalue weighted by Gasteiger charge is -2.12. The van der Waals surface area contributed by atoms with Crippen molar-refractivity contribution < 1.29 is 4.42 Å². The highest BCUT2D eigenvalue weighted by Gasteiger charge is 2.11. The van der Waals surface area contributed by atoms with E-state index in [1.165, 1.54) is 0 Å². The fourth-order valence-electron chi connectivity index (χ4n) is 1.80. The summed E-state index contributed by atoms with van der Waals surface area (Å²) >= 11 is 0. The Morgan fingerprint density at radius 3 is 3.06 bits per heavy atom. The van der Waals surface area contributed by atoms with Gasteiger partial charge >= 0.3 is 0 Å². The van der Waals surface area contributed by atoms with Crippen LogP contribution in [0.25, 0.3) is 11.0 Å². The lowest BCUT2D eigenvalue weighted by Crippen LogP contribution is -2.09. The van der Waals surface area contributed by atoms with Crippen molar-refractivity contribution in [2.45, 2.75) is 13.0 Å². The molecule has 0 fully saturated rings. The quantitative estimate of drug-likeness (QED) is 0.723. The van der Waals surface area contributed by atoms with Crippen molar-refractivity contribution >= 4 is 16.8 Å². The van der Waals surface area contributed by atoms with E-state index >= 15 is 0 Å². The second kappa shape index (κ2) is 3.93. The molecule has 3 aromatic rings. The molecule has 17 heavy (non-hydrogen) atoms. The van der Waals surface area contributed by atoms with Crippen molar-refractivity contribution in [1.82, 2.24) is 15.0 Å². The summed E-state index contributed by atoms with van der Waals surface area (Å²) in [6.07, 6.45) is 6.93. The molecule has 0 aliphatic heterocycles. The summed E-state index contributed by atoms with van der Waals surface area (Å²) in [6, 6.07) is 3.82. The van der Waals surface area contributed by atoms with Crippen molar-refractivity contribution in [2.75, 3.05) is 5.32 Å². The molecular weight excluding hydrogens is 216 g/mol. The fourth-order valence-corrected chi connectivity index (χ4v) is 1.80. The van der Waals surface area contributed by atoms with Crippen molar-refractivity contribution in [3.63, 3.8) is 0 Å². The zero-order valence-corrected chi connectivity index (χ0v) is 9.34. The van der Waals surface area contributed by atoms with Crippen molar-refractivity contribution in [3.05, 3.63) is 42.8 Å². The van der Waals surface area contributed by atoms with Gasteiger partial charge in [0.05, 0.1) is 17.7 Å². The number of aromatic amines is 1. The maximum Gasteiger partial charge on any atom is 0.139 e. The maximum atomic E-state index is 5.33. The maximum absolute atomic E-state index is 5.33. The van der Waals surface area contributed by atoms with Gasteiger partial charge in [0.15, 0.2) is 0 Å². The number of H-pyrrole nitrogens is 1. The van der Waals surface area contributed by atoms with Crippen LogP contribution in [0, 0.1) is 0 Å². The summed E-state index contributed by atoms with van der Waals surface area (Å²) in [4.78, 5) is 11.6. The second-order valence-electron chi connectivity index (χ2n) is 3.83. The number of anilines is 1. The summed E-state index contributed by atoms with van der Waals surface area (Å²) in [5, 5.41) is 4.29. The molecule has 1 unspecified atom stereocenters. The topological polar surface area (TPSA) is 66.7 Å². The first kappa shape index (κ1) is 9.89. The molecule has 3 heterocycles. The lowest BCUT2D eigenvalue weighted by molar-refractivity contribution is 0.615. The average Bonchev–Trinajstić information content (AvgIpc) is 3.00. The molecule has 86 valence electrons. The molecule has 0 aliphatic carbocycles. The zero-order chi connectivity index (χ0) is 11.7. The van der Waals surface area contributed by atoms with E-state index in [4.69, 9.17) is 4.42 Å². The molecular formula is C12H12N4O. The van der Waals surface area contributed by atoms with Crippen LogP contribution in [0.15, 0.2) is 41.4 Å². The number of imidazole rings is 1. The Bertz CT molecular complexity index is 614. The number of pyridine rings is 1. The van der Waals surface area contributed by atoms with Crippen LogP contribution in [0.3, 0.4) is 0 Å². The Labute approximate surface area is 97.9 Å². The number of aromatic nitrogens is 3. The minimum Gasteiger partial charge on any atom is -0.464 e. The van der Waals surface area contributed by atoms with Gasteiger partial charge < -0.3 is 14.7 Å². The molecule has 2 N–H and O–H groups in total. The number of fused-ring (bicyclic) bond motifs is 1. The van der Waals surface area contributed by atoms with Gasteiger partial charge in [-0.15, -0.1) is 0 Å². The van der Waals surface area contributed by atoms with E-state index in [1.54, 1.807) is 24.9 Å². The molecule has 0 aliphatic rings. The smallest absolute Gasteiger partial charge is 0.139 e. The van der Waals surface area contributed by atoms with Crippen LogP contribution in [0.5, 0.6) is 0 Å². The largest absolute Gasteiger partial charge is 0.464 e. The SMILES string of the molecule is CC(Nc1nccc2occc12)c1ncc[nH]1. The van der Waals surface area contributed by atoms with Gasteiger partial charge in [0.25, 0.3) is 0 Å². The molecule has 0 radical (unpaired) electrons. The fraction of sp³-hybridized carbons (Fsp3) is 0.167. The average molecular weight is 228 g/mol. The van der Waals surface area contributed by atoms with Crippen molar-refractivity contribution in [3.8, 4) is 0 Å². The molecule has 0 aromatic carbocycles. The van der Waals surface area contributed by atoms with Crippen LogP contribution < -0.4 is 5.32 Å². The Morgan fingerprint density at radius 1 is 1.29 bits per heavy atom. The molecule has 3 aromatic heterocycles. The third kappa shape index (κ3) is 1.75. The molecule has 1 atom stereocenters. The van der Waals surface area contributed by atoms with Gasteiger partial charge in [0, 0.05) is 18.6 Å². The van der Waals surface area contributed by atoms with Crippen LogP contribution in [-0.4, -0.2) is 15.0 Å². The van der Waals surface area contributed by atoms with Gasteiger partial charge in [-0.2, -0.15) is 0 Å². The number of furan rings is 1. The molecule has 0 saturated heterocycles. The normalized spacial score (nSPS) is 12.8. The van der Waals surface area contributed by atoms with Crippen LogP contribution in [0.4, 0.5) is 5.82 Å². The molecule has 5 nitrogen and oxygen atoms in total. The highest BCUT2D eigenvalue weighted by Crippen LogP contribution is 2.24. The Kier molecular flexibility index (Phi) is 2.29. The molecule has 0 spiro atoms. The van der Waals surface area contributed by atoms with Crippen LogP contribution in [0.2, 0.25) is 0 Å². The Morgan fingerprint density at radius 2 is 2.24 bits per heavy atom. The van der Waals surface area contributed by atoms with Crippen molar-refractivity contribution in [1.29, 1.82) is 0 Å². The second-order valence-corrected chi connectivity index (χ2v) is 3.83. The summed E-state index contributed by atoms with van der Waals surface area (Å²) in [7, 11) is 0. The predicted molar refractivity (Wildman–Crippen MR) is 64.6 cm³/mol. The Hall–Kier alpha value is -2.30. The zero-order valence-electron chi connectivity index (χ0n) is 9.34. The lowest BCUT2D eigenvalue weighted by atomic mass is 10.2. The molecule has 5 heteroatoms. The summed E-state index contributed by atoms with van der Waals surface area (Å²) in [5.41, 5.74) is 0.828. The van der Waals surface area contributed by atoms with Gasteiger partial charge in [-0.05, 0) is 19.1 Å². The molecule has 0 saturated carbocycles. The van der Waals surface area contributed by atoms with E-state index in [0.717, 1.165) is 22.6 Å². The molecule has 3 rings (SSSR count). The third-order valence-corrected chi connectivity index (χ3v) is 2.66. The number of rotatable bonds is 3. The monoisotopic (exact) mass is 228 g/mol. The number of nitrogens with zero attached hydrogens (tertiary/aromatic N) is 2. The first-order chi connectivity index (χ1) is 8.34. The van der Waals surface area contributed by atoms with Crippen LogP contribution in [-0.2, 0) is 0 Å². The number of hydrogen-bond acceptors (Lipinski definition) is 4. The van der Waals surface area contributed by atoms with E-state index < -0.39 is 0 Å². The molecule has 0 amide bonds. The summed E-state index contributed by atoms with van der Waals surface area (Å²) in [5.74, 6) is 1.69.